The van der Waals surface area contributed by atoms with E-state index in [1.807, 2.05) is 24.3 Å². The Hall–Kier alpha value is -2.00. The molecular weight excluding hydrogens is 288 g/mol. The molecule has 3 nitrogen and oxygen atoms in total. The fraction of sp³-hybridized carbons (Fsp3) is 0.400. The van der Waals surface area contributed by atoms with Crippen molar-refractivity contribution in [1.29, 1.82) is 0 Å². The first kappa shape index (κ1) is 17.4. The third-order valence-corrected chi connectivity index (χ3v) is 3.95. The molecule has 0 aromatic heterocycles. The van der Waals surface area contributed by atoms with Crippen LogP contribution in [0.25, 0.3) is 0 Å². The van der Waals surface area contributed by atoms with Crippen molar-refractivity contribution in [3.8, 4) is 11.5 Å². The second-order valence-electron chi connectivity index (χ2n) is 6.65. The summed E-state index contributed by atoms with van der Waals surface area (Å²) in [5.41, 5.74) is 2.12. The van der Waals surface area contributed by atoms with Gasteiger partial charge in [0.2, 0.25) is 0 Å². The Morgan fingerprint density at radius 3 is 1.17 bits per heavy atom. The predicted octanol–water partition coefficient (Wildman–Crippen LogP) is 5.21. The summed E-state index contributed by atoms with van der Waals surface area (Å²) in [6.45, 7) is 8.52. The monoisotopic (exact) mass is 314 g/mol. The molecule has 2 unspecified atom stereocenters. The minimum absolute atomic E-state index is 0.0585. The average Bonchev–Trinajstić information content (AvgIpc) is 2.50. The molecule has 0 spiro atoms. The number of hydrogen-bond donors (Lipinski definition) is 2. The van der Waals surface area contributed by atoms with E-state index in [-0.39, 0.29) is 23.7 Å². The van der Waals surface area contributed by atoms with Gasteiger partial charge in [-0.2, -0.15) is 0 Å². The number of aromatic hydroxyl groups is 2. The van der Waals surface area contributed by atoms with Crippen LogP contribution in [0.2, 0.25) is 0 Å². The summed E-state index contributed by atoms with van der Waals surface area (Å²) in [5.74, 6) is 1.13. The lowest BCUT2D eigenvalue weighted by molar-refractivity contribution is -0.0610. The van der Waals surface area contributed by atoms with Crippen LogP contribution in [0.15, 0.2) is 48.5 Å². The zero-order chi connectivity index (χ0) is 17.0. The van der Waals surface area contributed by atoms with Crippen molar-refractivity contribution in [1.82, 2.24) is 0 Å². The molecule has 0 aliphatic heterocycles. The van der Waals surface area contributed by atoms with Crippen LogP contribution in [-0.4, -0.2) is 10.2 Å². The molecule has 2 N–H and O–H groups in total. The van der Waals surface area contributed by atoms with E-state index in [4.69, 9.17) is 4.74 Å². The third kappa shape index (κ3) is 4.49. The zero-order valence-corrected chi connectivity index (χ0v) is 14.2. The molecule has 2 aromatic rings. The molecule has 0 fully saturated rings. The van der Waals surface area contributed by atoms with Crippen LogP contribution in [0.3, 0.4) is 0 Å². The van der Waals surface area contributed by atoms with Crippen LogP contribution in [0.4, 0.5) is 0 Å². The van der Waals surface area contributed by atoms with E-state index in [1.54, 1.807) is 24.3 Å². The van der Waals surface area contributed by atoms with Gasteiger partial charge < -0.3 is 14.9 Å². The van der Waals surface area contributed by atoms with Crippen molar-refractivity contribution in [2.75, 3.05) is 0 Å². The van der Waals surface area contributed by atoms with Crippen molar-refractivity contribution < 1.29 is 14.9 Å². The van der Waals surface area contributed by atoms with E-state index in [2.05, 4.69) is 27.7 Å². The highest BCUT2D eigenvalue weighted by atomic mass is 16.5. The molecule has 2 atom stereocenters. The summed E-state index contributed by atoms with van der Waals surface area (Å²) in [6, 6.07) is 14.4. The first-order valence-corrected chi connectivity index (χ1v) is 8.11. The van der Waals surface area contributed by atoms with E-state index in [0.29, 0.717) is 11.8 Å². The van der Waals surface area contributed by atoms with Gasteiger partial charge in [-0.1, -0.05) is 52.0 Å². The largest absolute Gasteiger partial charge is 0.508 e. The summed E-state index contributed by atoms with van der Waals surface area (Å²) >= 11 is 0. The average molecular weight is 314 g/mol. The number of rotatable bonds is 6. The minimum Gasteiger partial charge on any atom is -0.508 e. The van der Waals surface area contributed by atoms with Gasteiger partial charge in [-0.15, -0.1) is 0 Å². The lowest BCUT2D eigenvalue weighted by Gasteiger charge is -2.30. The molecule has 0 aliphatic carbocycles. The van der Waals surface area contributed by atoms with Gasteiger partial charge >= 0.3 is 0 Å². The molecule has 2 rings (SSSR count). The topological polar surface area (TPSA) is 49.7 Å². The maximum Gasteiger partial charge on any atom is 0.115 e. The molecule has 2 aromatic carbocycles. The number of phenolic OH excluding ortho intramolecular Hbond substituents is 2. The molecule has 23 heavy (non-hydrogen) atoms. The van der Waals surface area contributed by atoms with Crippen molar-refractivity contribution in [3.63, 3.8) is 0 Å². The molecule has 0 saturated carbocycles. The van der Waals surface area contributed by atoms with Gasteiger partial charge in [0.1, 0.15) is 11.5 Å². The molecule has 3 heteroatoms. The van der Waals surface area contributed by atoms with Gasteiger partial charge in [0.05, 0.1) is 12.2 Å². The zero-order valence-electron chi connectivity index (χ0n) is 14.2. The second-order valence-corrected chi connectivity index (χ2v) is 6.65. The number of phenols is 2. The smallest absolute Gasteiger partial charge is 0.115 e. The molecule has 0 aliphatic rings. The Bertz CT molecular complexity index is 544. The van der Waals surface area contributed by atoms with E-state index < -0.39 is 0 Å². The van der Waals surface area contributed by atoms with Crippen molar-refractivity contribution in [2.45, 2.75) is 39.9 Å². The Kier molecular flexibility index (Phi) is 5.67. The summed E-state index contributed by atoms with van der Waals surface area (Å²) in [4.78, 5) is 0. The van der Waals surface area contributed by atoms with Crippen LogP contribution in [0.5, 0.6) is 11.5 Å². The first-order chi connectivity index (χ1) is 10.9. The Labute approximate surface area is 138 Å². The molecular formula is C20H26O3. The van der Waals surface area contributed by atoms with Crippen molar-refractivity contribution in [3.05, 3.63) is 59.7 Å². The highest BCUT2D eigenvalue weighted by molar-refractivity contribution is 5.29. The van der Waals surface area contributed by atoms with Crippen molar-refractivity contribution >= 4 is 0 Å². The maximum atomic E-state index is 9.49. The number of hydrogen-bond acceptors (Lipinski definition) is 3. The number of ether oxygens (including phenoxy) is 1. The van der Waals surface area contributed by atoms with Gasteiger partial charge in [0, 0.05) is 0 Å². The summed E-state index contributed by atoms with van der Waals surface area (Å²) in [7, 11) is 0. The minimum atomic E-state index is -0.0585. The number of benzene rings is 2. The van der Waals surface area contributed by atoms with E-state index in [0.717, 1.165) is 11.1 Å². The van der Waals surface area contributed by atoms with Gasteiger partial charge in [-0.25, -0.2) is 0 Å². The summed E-state index contributed by atoms with van der Waals surface area (Å²) in [6.07, 6.45) is -0.117. The standard InChI is InChI=1S/C20H26O3/c1-13(2)19(15-5-9-17(21)10-6-15)23-20(14(3)4)16-7-11-18(22)12-8-16/h5-14,19-22H,1-4H3. The molecule has 0 amide bonds. The van der Waals surface area contributed by atoms with Gasteiger partial charge in [0.15, 0.2) is 0 Å². The van der Waals surface area contributed by atoms with Crippen LogP contribution < -0.4 is 0 Å². The van der Waals surface area contributed by atoms with Gasteiger partial charge in [-0.3, -0.25) is 0 Å². The Morgan fingerprint density at radius 2 is 0.913 bits per heavy atom. The van der Waals surface area contributed by atoms with Crippen LogP contribution in [0, 0.1) is 11.8 Å². The van der Waals surface area contributed by atoms with Gasteiger partial charge in [-0.05, 0) is 47.2 Å². The molecule has 0 radical (unpaired) electrons. The van der Waals surface area contributed by atoms with Crippen molar-refractivity contribution in [2.24, 2.45) is 11.8 Å². The fourth-order valence-corrected chi connectivity index (χ4v) is 2.73. The van der Waals surface area contributed by atoms with Crippen LogP contribution in [-0.2, 0) is 4.74 Å². The summed E-state index contributed by atoms with van der Waals surface area (Å²) in [5, 5.41) is 19.0. The molecule has 124 valence electrons. The normalized spacial score (nSPS) is 14.2. The third-order valence-electron chi connectivity index (χ3n) is 3.95. The highest BCUT2D eigenvalue weighted by Crippen LogP contribution is 2.36. The first-order valence-electron chi connectivity index (χ1n) is 8.11. The van der Waals surface area contributed by atoms with Crippen LogP contribution in [0.1, 0.15) is 51.0 Å². The molecule has 0 saturated heterocycles. The maximum absolute atomic E-state index is 9.49. The van der Waals surface area contributed by atoms with E-state index in [1.165, 1.54) is 0 Å². The van der Waals surface area contributed by atoms with Crippen LogP contribution >= 0.6 is 0 Å². The lowest BCUT2D eigenvalue weighted by atomic mass is 9.95. The lowest BCUT2D eigenvalue weighted by Crippen LogP contribution is -2.19. The highest BCUT2D eigenvalue weighted by Gasteiger charge is 2.25. The van der Waals surface area contributed by atoms with E-state index in [9.17, 15) is 10.2 Å². The molecule has 0 heterocycles. The van der Waals surface area contributed by atoms with E-state index >= 15 is 0 Å². The predicted molar refractivity (Wildman–Crippen MR) is 92.5 cm³/mol. The quantitative estimate of drug-likeness (QED) is 0.769. The Morgan fingerprint density at radius 1 is 0.609 bits per heavy atom. The SMILES string of the molecule is CC(C)C(OC(c1ccc(O)cc1)C(C)C)c1ccc(O)cc1. The Balaban J connectivity index is 2.28. The van der Waals surface area contributed by atoms with Gasteiger partial charge in [0.25, 0.3) is 0 Å². The summed E-state index contributed by atoms with van der Waals surface area (Å²) < 4.78 is 6.46. The second kappa shape index (κ2) is 7.51. The fourth-order valence-electron chi connectivity index (χ4n) is 2.73. The molecule has 0 bridgehead atoms.